The van der Waals surface area contributed by atoms with Gasteiger partial charge < -0.3 is 4.90 Å². The number of rotatable bonds is 1. The minimum absolute atomic E-state index is 0.148. The lowest BCUT2D eigenvalue weighted by atomic mass is 9.98. The molecule has 0 saturated carbocycles. The lowest BCUT2D eigenvalue weighted by molar-refractivity contribution is -0.143. The van der Waals surface area contributed by atoms with Gasteiger partial charge in [0.05, 0.1) is 5.02 Å². The molecule has 1 saturated heterocycles. The summed E-state index contributed by atoms with van der Waals surface area (Å²) in [5, 5.41) is 4.38. The van der Waals surface area contributed by atoms with Crippen molar-refractivity contribution in [1.29, 1.82) is 0 Å². The fourth-order valence-corrected chi connectivity index (χ4v) is 3.03. The smallest absolute Gasteiger partial charge is 0.266 e. The number of halogens is 1. The summed E-state index contributed by atoms with van der Waals surface area (Å²) in [6.45, 7) is 4.85. The SMILES string of the molecule is Cc1csc(C(=O)N2CC(=O)NC(=O)C2(C)C)c1Cl. The minimum atomic E-state index is -1.08. The zero-order valence-corrected chi connectivity index (χ0v) is 12.3. The van der Waals surface area contributed by atoms with Gasteiger partial charge >= 0.3 is 0 Å². The average Bonchev–Trinajstić information content (AvgIpc) is 2.64. The Morgan fingerprint density at radius 3 is 2.63 bits per heavy atom. The van der Waals surface area contributed by atoms with E-state index >= 15 is 0 Å². The molecule has 0 aliphatic carbocycles. The molecule has 1 fully saturated rings. The van der Waals surface area contributed by atoms with Gasteiger partial charge in [0, 0.05) is 0 Å². The summed E-state index contributed by atoms with van der Waals surface area (Å²) in [5.41, 5.74) is -0.271. The van der Waals surface area contributed by atoms with Crippen LogP contribution in [-0.4, -0.2) is 34.7 Å². The number of carbonyl (C=O) groups is 3. The predicted molar refractivity (Wildman–Crippen MR) is 72.3 cm³/mol. The number of imide groups is 1. The van der Waals surface area contributed by atoms with E-state index in [1.54, 1.807) is 26.2 Å². The lowest BCUT2D eigenvalue weighted by Gasteiger charge is -2.39. The van der Waals surface area contributed by atoms with Crippen LogP contribution in [0.4, 0.5) is 0 Å². The molecule has 0 radical (unpaired) electrons. The van der Waals surface area contributed by atoms with E-state index in [1.807, 2.05) is 0 Å². The monoisotopic (exact) mass is 300 g/mol. The zero-order valence-electron chi connectivity index (χ0n) is 10.7. The molecule has 7 heteroatoms. The molecular formula is C12H13ClN2O3S. The molecule has 2 rings (SSSR count). The first-order chi connectivity index (χ1) is 8.75. The molecule has 1 aliphatic rings. The number of aryl methyl sites for hydroxylation is 1. The topological polar surface area (TPSA) is 66.5 Å². The van der Waals surface area contributed by atoms with Gasteiger partial charge in [0.25, 0.3) is 11.8 Å². The summed E-state index contributed by atoms with van der Waals surface area (Å²) < 4.78 is 0. The molecule has 5 nitrogen and oxygen atoms in total. The van der Waals surface area contributed by atoms with Gasteiger partial charge in [-0.2, -0.15) is 0 Å². The van der Waals surface area contributed by atoms with Crippen molar-refractivity contribution < 1.29 is 14.4 Å². The zero-order chi connectivity index (χ0) is 14.4. The normalized spacial score (nSPS) is 18.4. The minimum Gasteiger partial charge on any atom is -0.314 e. The Kier molecular flexibility index (Phi) is 3.40. The van der Waals surface area contributed by atoms with Crippen LogP contribution in [0.5, 0.6) is 0 Å². The third-order valence-electron chi connectivity index (χ3n) is 3.12. The van der Waals surface area contributed by atoms with Crippen molar-refractivity contribution >= 4 is 40.7 Å². The Hall–Kier alpha value is -1.40. The van der Waals surface area contributed by atoms with Crippen LogP contribution in [0.15, 0.2) is 5.38 Å². The Bertz CT molecular complexity index is 580. The summed E-state index contributed by atoms with van der Waals surface area (Å²) in [7, 11) is 0. The fourth-order valence-electron chi connectivity index (χ4n) is 1.81. The fraction of sp³-hybridized carbons (Fsp3) is 0.417. The van der Waals surface area contributed by atoms with Gasteiger partial charge in [-0.1, -0.05) is 11.6 Å². The highest BCUT2D eigenvalue weighted by atomic mass is 35.5. The number of nitrogens with zero attached hydrogens (tertiary/aromatic N) is 1. The summed E-state index contributed by atoms with van der Waals surface area (Å²) in [6, 6.07) is 0. The molecule has 0 bridgehead atoms. The molecule has 1 N–H and O–H groups in total. The van der Waals surface area contributed by atoms with Crippen LogP contribution in [0.3, 0.4) is 0 Å². The van der Waals surface area contributed by atoms with Crippen LogP contribution in [-0.2, 0) is 9.59 Å². The Morgan fingerprint density at radius 1 is 1.47 bits per heavy atom. The maximum absolute atomic E-state index is 12.5. The molecule has 0 spiro atoms. The average molecular weight is 301 g/mol. The lowest BCUT2D eigenvalue weighted by Crippen LogP contribution is -2.65. The highest BCUT2D eigenvalue weighted by Crippen LogP contribution is 2.31. The molecule has 1 aliphatic heterocycles. The number of hydrogen-bond acceptors (Lipinski definition) is 4. The quantitative estimate of drug-likeness (QED) is 0.801. The van der Waals surface area contributed by atoms with E-state index in [0.29, 0.717) is 9.90 Å². The largest absolute Gasteiger partial charge is 0.314 e. The highest BCUT2D eigenvalue weighted by Gasteiger charge is 2.44. The van der Waals surface area contributed by atoms with E-state index < -0.39 is 23.3 Å². The Balaban J connectivity index is 2.39. The van der Waals surface area contributed by atoms with E-state index in [1.165, 1.54) is 16.2 Å². The highest BCUT2D eigenvalue weighted by molar-refractivity contribution is 7.13. The van der Waals surface area contributed by atoms with E-state index in [0.717, 1.165) is 5.56 Å². The second-order valence-electron chi connectivity index (χ2n) is 4.89. The van der Waals surface area contributed by atoms with Crippen molar-refractivity contribution in [2.45, 2.75) is 26.3 Å². The van der Waals surface area contributed by atoms with Crippen LogP contribution in [0, 0.1) is 6.92 Å². The van der Waals surface area contributed by atoms with Crippen LogP contribution in [0.2, 0.25) is 5.02 Å². The molecule has 19 heavy (non-hydrogen) atoms. The standard InChI is InChI=1S/C12H13ClN2O3S/c1-6-5-19-9(8(6)13)10(17)15-4-7(16)14-11(18)12(15,2)3/h5H,4H2,1-3H3,(H,14,16,18). The van der Waals surface area contributed by atoms with Gasteiger partial charge in [-0.15, -0.1) is 11.3 Å². The molecular weight excluding hydrogens is 288 g/mol. The second-order valence-corrected chi connectivity index (χ2v) is 6.15. The maximum atomic E-state index is 12.5. The molecule has 102 valence electrons. The van der Waals surface area contributed by atoms with Gasteiger partial charge in [0.2, 0.25) is 5.91 Å². The Morgan fingerprint density at radius 2 is 2.11 bits per heavy atom. The molecule has 2 heterocycles. The second kappa shape index (κ2) is 4.61. The van der Waals surface area contributed by atoms with Gasteiger partial charge in [-0.05, 0) is 31.7 Å². The van der Waals surface area contributed by atoms with Crippen LogP contribution in [0.25, 0.3) is 0 Å². The predicted octanol–water partition coefficient (Wildman–Crippen LogP) is 1.59. The first-order valence-corrected chi connectivity index (χ1v) is 6.90. The molecule has 1 aromatic rings. The van der Waals surface area contributed by atoms with Crippen molar-refractivity contribution in [3.8, 4) is 0 Å². The maximum Gasteiger partial charge on any atom is 0.266 e. The van der Waals surface area contributed by atoms with Gasteiger partial charge in [-0.25, -0.2) is 0 Å². The Labute approximate surface area is 119 Å². The van der Waals surface area contributed by atoms with Crippen molar-refractivity contribution in [2.24, 2.45) is 0 Å². The molecule has 1 aromatic heterocycles. The van der Waals surface area contributed by atoms with E-state index in [4.69, 9.17) is 11.6 Å². The first-order valence-electron chi connectivity index (χ1n) is 5.65. The van der Waals surface area contributed by atoms with E-state index in [9.17, 15) is 14.4 Å². The molecule has 3 amide bonds. The van der Waals surface area contributed by atoms with Crippen LogP contribution >= 0.6 is 22.9 Å². The van der Waals surface area contributed by atoms with Gasteiger partial charge in [0.1, 0.15) is 17.0 Å². The number of piperazine rings is 1. The number of thiophene rings is 1. The van der Waals surface area contributed by atoms with Crippen LogP contribution in [0.1, 0.15) is 29.1 Å². The number of nitrogens with one attached hydrogen (secondary N) is 1. The first kappa shape index (κ1) is 14.0. The summed E-state index contributed by atoms with van der Waals surface area (Å²) in [6.07, 6.45) is 0. The third kappa shape index (κ3) is 2.26. The van der Waals surface area contributed by atoms with E-state index in [-0.39, 0.29) is 6.54 Å². The van der Waals surface area contributed by atoms with Crippen LogP contribution < -0.4 is 5.32 Å². The van der Waals surface area contributed by atoms with E-state index in [2.05, 4.69) is 5.32 Å². The van der Waals surface area contributed by atoms with Crippen molar-refractivity contribution in [1.82, 2.24) is 10.2 Å². The number of carbonyl (C=O) groups excluding carboxylic acids is 3. The van der Waals surface area contributed by atoms with Gasteiger partial charge in [0.15, 0.2) is 0 Å². The summed E-state index contributed by atoms with van der Waals surface area (Å²) in [5.74, 6) is -1.36. The molecule has 0 unspecified atom stereocenters. The van der Waals surface area contributed by atoms with Gasteiger partial charge in [-0.3, -0.25) is 19.7 Å². The van der Waals surface area contributed by atoms with Crippen molar-refractivity contribution in [3.05, 3.63) is 20.8 Å². The number of amides is 3. The van der Waals surface area contributed by atoms with Crippen molar-refractivity contribution in [3.63, 3.8) is 0 Å². The summed E-state index contributed by atoms with van der Waals surface area (Å²) >= 11 is 7.28. The third-order valence-corrected chi connectivity index (χ3v) is 4.81. The molecule has 0 atom stereocenters. The molecule has 0 aromatic carbocycles. The van der Waals surface area contributed by atoms with Crippen molar-refractivity contribution in [2.75, 3.05) is 6.54 Å². The summed E-state index contributed by atoms with van der Waals surface area (Å²) in [4.78, 5) is 37.3. The number of hydrogen-bond donors (Lipinski definition) is 1.